The SMILES string of the molecule is NCC1CN(S(=O)(=O)C2CCS(=O)(=O)C2)CCO1. The predicted octanol–water partition coefficient (Wildman–Crippen LogP) is -1.84. The number of sulfone groups is 1. The van der Waals surface area contributed by atoms with Gasteiger partial charge in [0.25, 0.3) is 0 Å². The van der Waals surface area contributed by atoms with E-state index in [0.717, 1.165) is 0 Å². The quantitative estimate of drug-likeness (QED) is 0.656. The van der Waals surface area contributed by atoms with Gasteiger partial charge in [0, 0.05) is 19.6 Å². The molecule has 0 amide bonds. The summed E-state index contributed by atoms with van der Waals surface area (Å²) in [6.45, 7) is 1.06. The molecule has 0 aromatic heterocycles. The number of sulfonamides is 1. The summed E-state index contributed by atoms with van der Waals surface area (Å²) in [5, 5.41) is -0.806. The lowest BCUT2D eigenvalue weighted by atomic mass is 10.3. The number of morpholine rings is 1. The lowest BCUT2D eigenvalue weighted by Gasteiger charge is -2.33. The summed E-state index contributed by atoms with van der Waals surface area (Å²) in [4.78, 5) is 0. The molecular formula is C9H18N2O5S2. The third-order valence-electron chi connectivity index (χ3n) is 3.34. The molecular weight excluding hydrogens is 280 g/mol. The molecule has 0 radical (unpaired) electrons. The number of hydrogen-bond acceptors (Lipinski definition) is 6. The first-order valence-corrected chi connectivity index (χ1v) is 9.18. The maximum Gasteiger partial charge on any atom is 0.218 e. The van der Waals surface area contributed by atoms with Gasteiger partial charge >= 0.3 is 0 Å². The van der Waals surface area contributed by atoms with E-state index in [1.54, 1.807) is 0 Å². The lowest BCUT2D eigenvalue weighted by Crippen LogP contribution is -2.50. The average Bonchev–Trinajstić information content (AvgIpc) is 2.70. The van der Waals surface area contributed by atoms with Crippen molar-refractivity contribution in [3.63, 3.8) is 0 Å². The van der Waals surface area contributed by atoms with Gasteiger partial charge in [-0.2, -0.15) is 4.31 Å². The van der Waals surface area contributed by atoms with Crippen molar-refractivity contribution in [1.82, 2.24) is 4.31 Å². The molecule has 0 saturated carbocycles. The summed E-state index contributed by atoms with van der Waals surface area (Å²) >= 11 is 0. The van der Waals surface area contributed by atoms with Gasteiger partial charge < -0.3 is 10.5 Å². The van der Waals surface area contributed by atoms with E-state index in [-0.39, 0.29) is 43.7 Å². The Labute approximate surface area is 107 Å². The summed E-state index contributed by atoms with van der Waals surface area (Å²) in [5.74, 6) is -0.304. The van der Waals surface area contributed by atoms with E-state index in [2.05, 4.69) is 0 Å². The molecule has 0 aliphatic carbocycles. The molecule has 2 unspecified atom stereocenters. The van der Waals surface area contributed by atoms with E-state index < -0.39 is 25.1 Å². The van der Waals surface area contributed by atoms with Crippen LogP contribution in [-0.4, -0.2) is 70.2 Å². The van der Waals surface area contributed by atoms with E-state index in [9.17, 15) is 16.8 Å². The number of nitrogens with zero attached hydrogens (tertiary/aromatic N) is 1. The lowest BCUT2D eigenvalue weighted by molar-refractivity contribution is 0.00428. The Morgan fingerprint density at radius 1 is 1.39 bits per heavy atom. The fraction of sp³-hybridized carbons (Fsp3) is 1.00. The van der Waals surface area contributed by atoms with Crippen LogP contribution in [0.15, 0.2) is 0 Å². The highest BCUT2D eigenvalue weighted by molar-refractivity contribution is 7.95. The van der Waals surface area contributed by atoms with Crippen LogP contribution in [0.2, 0.25) is 0 Å². The Morgan fingerprint density at radius 3 is 2.67 bits per heavy atom. The summed E-state index contributed by atoms with van der Waals surface area (Å²) in [5.41, 5.74) is 5.46. The topological polar surface area (TPSA) is 107 Å². The van der Waals surface area contributed by atoms with Gasteiger partial charge in [-0.3, -0.25) is 0 Å². The minimum atomic E-state index is -3.56. The minimum absolute atomic E-state index is 0.0401. The standard InChI is InChI=1S/C9H18N2O5S2/c10-5-8-6-11(2-3-16-8)18(14,15)9-1-4-17(12,13)7-9/h8-9H,1-7,10H2. The molecule has 2 atom stereocenters. The van der Waals surface area contributed by atoms with Crippen molar-refractivity contribution in [2.45, 2.75) is 17.8 Å². The molecule has 2 N–H and O–H groups in total. The average molecular weight is 298 g/mol. The van der Waals surface area contributed by atoms with Crippen LogP contribution in [-0.2, 0) is 24.6 Å². The molecule has 2 saturated heterocycles. The summed E-state index contributed by atoms with van der Waals surface area (Å²) in [7, 11) is -6.76. The summed E-state index contributed by atoms with van der Waals surface area (Å²) < 4.78 is 54.0. The van der Waals surface area contributed by atoms with Crippen LogP contribution in [0.4, 0.5) is 0 Å². The molecule has 106 valence electrons. The molecule has 18 heavy (non-hydrogen) atoms. The molecule has 2 rings (SSSR count). The fourth-order valence-electron chi connectivity index (χ4n) is 2.27. The fourth-order valence-corrected chi connectivity index (χ4v) is 6.82. The van der Waals surface area contributed by atoms with E-state index in [1.807, 2.05) is 0 Å². The zero-order chi connectivity index (χ0) is 13.4. The molecule has 0 aromatic carbocycles. The van der Waals surface area contributed by atoms with Crippen molar-refractivity contribution in [3.8, 4) is 0 Å². The Bertz CT molecular complexity index is 501. The van der Waals surface area contributed by atoms with Gasteiger partial charge in [-0.05, 0) is 6.42 Å². The van der Waals surface area contributed by atoms with Gasteiger partial charge in [-0.15, -0.1) is 0 Å². The van der Waals surface area contributed by atoms with Crippen LogP contribution in [0.1, 0.15) is 6.42 Å². The second-order valence-corrected chi connectivity index (χ2v) is 9.10. The maximum absolute atomic E-state index is 12.3. The Balaban J connectivity index is 2.11. The van der Waals surface area contributed by atoms with Gasteiger partial charge in [-0.25, -0.2) is 16.8 Å². The van der Waals surface area contributed by atoms with Gasteiger partial charge in [0.15, 0.2) is 9.84 Å². The highest BCUT2D eigenvalue weighted by atomic mass is 32.2. The predicted molar refractivity (Wildman–Crippen MR) is 66.3 cm³/mol. The van der Waals surface area contributed by atoms with Crippen LogP contribution in [0.5, 0.6) is 0 Å². The van der Waals surface area contributed by atoms with Crippen molar-refractivity contribution < 1.29 is 21.6 Å². The normalized spacial score (nSPS) is 33.6. The number of rotatable bonds is 3. The van der Waals surface area contributed by atoms with Crippen LogP contribution >= 0.6 is 0 Å². The Morgan fingerprint density at radius 2 is 2.11 bits per heavy atom. The molecule has 0 spiro atoms. The Hall–Kier alpha value is -0.220. The first kappa shape index (κ1) is 14.2. The first-order valence-electron chi connectivity index (χ1n) is 5.86. The Kier molecular flexibility index (Phi) is 3.98. The zero-order valence-electron chi connectivity index (χ0n) is 9.99. The third kappa shape index (κ3) is 2.85. The van der Waals surface area contributed by atoms with Crippen molar-refractivity contribution >= 4 is 19.9 Å². The molecule has 2 fully saturated rings. The highest BCUT2D eigenvalue weighted by Gasteiger charge is 2.41. The van der Waals surface area contributed by atoms with E-state index in [1.165, 1.54) is 4.31 Å². The molecule has 2 heterocycles. The smallest absolute Gasteiger partial charge is 0.218 e. The molecule has 0 aromatic rings. The van der Waals surface area contributed by atoms with Gasteiger partial charge in [0.1, 0.15) is 0 Å². The van der Waals surface area contributed by atoms with Crippen LogP contribution < -0.4 is 5.73 Å². The monoisotopic (exact) mass is 298 g/mol. The van der Waals surface area contributed by atoms with Gasteiger partial charge in [0.05, 0.1) is 29.5 Å². The van der Waals surface area contributed by atoms with Gasteiger partial charge in [-0.1, -0.05) is 0 Å². The number of ether oxygens (including phenoxy) is 1. The second kappa shape index (κ2) is 5.04. The highest BCUT2D eigenvalue weighted by Crippen LogP contribution is 2.23. The molecule has 9 heteroatoms. The first-order chi connectivity index (χ1) is 8.35. The molecule has 2 aliphatic heterocycles. The third-order valence-corrected chi connectivity index (χ3v) is 7.61. The van der Waals surface area contributed by atoms with Gasteiger partial charge in [0.2, 0.25) is 10.0 Å². The second-order valence-electron chi connectivity index (χ2n) is 4.66. The van der Waals surface area contributed by atoms with Crippen LogP contribution in [0, 0.1) is 0 Å². The van der Waals surface area contributed by atoms with E-state index in [4.69, 9.17) is 10.5 Å². The molecule has 2 aliphatic rings. The van der Waals surface area contributed by atoms with Crippen molar-refractivity contribution in [2.75, 3.05) is 37.7 Å². The van der Waals surface area contributed by atoms with E-state index in [0.29, 0.717) is 6.61 Å². The largest absolute Gasteiger partial charge is 0.374 e. The van der Waals surface area contributed by atoms with Crippen molar-refractivity contribution in [1.29, 1.82) is 0 Å². The van der Waals surface area contributed by atoms with Crippen LogP contribution in [0.25, 0.3) is 0 Å². The number of nitrogens with two attached hydrogens (primary N) is 1. The summed E-state index contributed by atoms with van der Waals surface area (Å²) in [6.07, 6.45) is -0.110. The van der Waals surface area contributed by atoms with Crippen molar-refractivity contribution in [3.05, 3.63) is 0 Å². The van der Waals surface area contributed by atoms with Crippen LogP contribution in [0.3, 0.4) is 0 Å². The van der Waals surface area contributed by atoms with Crippen molar-refractivity contribution in [2.24, 2.45) is 5.73 Å². The minimum Gasteiger partial charge on any atom is -0.374 e. The zero-order valence-corrected chi connectivity index (χ0v) is 11.6. The molecule has 7 nitrogen and oxygen atoms in total. The van der Waals surface area contributed by atoms with E-state index >= 15 is 0 Å². The maximum atomic E-state index is 12.3. The summed E-state index contributed by atoms with van der Waals surface area (Å²) in [6, 6.07) is 0. The number of hydrogen-bond donors (Lipinski definition) is 1. The molecule has 0 bridgehead atoms.